The van der Waals surface area contributed by atoms with Gasteiger partial charge in [-0.3, -0.25) is 0 Å². The quantitative estimate of drug-likeness (QED) is 0.505. The first-order valence-corrected chi connectivity index (χ1v) is 5.60. The molecule has 0 spiro atoms. The Labute approximate surface area is 82.7 Å². The summed E-state index contributed by atoms with van der Waals surface area (Å²) in [5.74, 6) is 0.959. The van der Waals surface area contributed by atoms with Crippen molar-refractivity contribution in [3.63, 3.8) is 0 Å². The summed E-state index contributed by atoms with van der Waals surface area (Å²) in [6.45, 7) is 8.78. The maximum atomic E-state index is 2.49. The Balaban J connectivity index is 2.35. The zero-order valence-electron chi connectivity index (χ0n) is 9.85. The number of likely N-dealkylation sites (tertiary alicyclic amines) is 1. The molecule has 0 N–H and O–H groups in total. The third-order valence-corrected chi connectivity index (χ3v) is 5.17. The van der Waals surface area contributed by atoms with Gasteiger partial charge in [0.2, 0.25) is 0 Å². The van der Waals surface area contributed by atoms with E-state index in [4.69, 9.17) is 0 Å². The fourth-order valence-electron chi connectivity index (χ4n) is 3.72. The first-order valence-electron chi connectivity index (χ1n) is 5.60. The highest BCUT2D eigenvalue weighted by Crippen LogP contribution is 2.54. The molecule has 1 aliphatic heterocycles. The lowest BCUT2D eigenvalue weighted by molar-refractivity contribution is -0.952. The maximum Gasteiger partial charge on any atom is 0.0960 e. The van der Waals surface area contributed by atoms with E-state index in [9.17, 15) is 0 Å². The van der Waals surface area contributed by atoms with Crippen molar-refractivity contribution in [2.45, 2.75) is 45.6 Å². The summed E-state index contributed by atoms with van der Waals surface area (Å²) < 4.78 is 1.22. The van der Waals surface area contributed by atoms with E-state index in [1.54, 1.807) is 0 Å². The van der Waals surface area contributed by atoms with Crippen LogP contribution in [0.1, 0.15) is 40.0 Å². The van der Waals surface area contributed by atoms with Crippen LogP contribution >= 0.6 is 0 Å². The summed E-state index contributed by atoms with van der Waals surface area (Å²) in [6, 6.07) is 0. The average Bonchev–Trinajstić information content (AvgIpc) is 2.26. The van der Waals surface area contributed by atoms with E-state index in [2.05, 4.69) is 34.9 Å². The lowest BCUT2D eigenvalue weighted by Crippen LogP contribution is -2.64. The van der Waals surface area contributed by atoms with Gasteiger partial charge in [-0.25, -0.2) is 0 Å². The van der Waals surface area contributed by atoms with Crippen LogP contribution in [0.25, 0.3) is 0 Å². The maximum absolute atomic E-state index is 2.49. The van der Waals surface area contributed by atoms with Crippen molar-refractivity contribution in [1.29, 1.82) is 0 Å². The molecule has 1 saturated heterocycles. The van der Waals surface area contributed by atoms with Crippen LogP contribution in [0, 0.1) is 11.3 Å². The molecule has 1 nitrogen and oxygen atoms in total. The van der Waals surface area contributed by atoms with Crippen molar-refractivity contribution < 1.29 is 4.48 Å². The smallest absolute Gasteiger partial charge is 0.0960 e. The van der Waals surface area contributed by atoms with Gasteiger partial charge in [-0.05, 0) is 33.1 Å². The molecule has 2 atom stereocenters. The molecule has 1 heterocycles. The lowest BCUT2D eigenvalue weighted by atomic mass is 9.74. The first-order chi connectivity index (χ1) is 5.77. The number of nitrogens with zero attached hydrogens (tertiary/aromatic N) is 1. The van der Waals surface area contributed by atoms with Gasteiger partial charge >= 0.3 is 0 Å². The van der Waals surface area contributed by atoms with Crippen LogP contribution in [0.4, 0.5) is 0 Å². The van der Waals surface area contributed by atoms with Crippen molar-refractivity contribution >= 4 is 0 Å². The molecule has 2 fully saturated rings. The van der Waals surface area contributed by atoms with Crippen LogP contribution in [-0.2, 0) is 0 Å². The average molecular weight is 182 g/mol. The van der Waals surface area contributed by atoms with Gasteiger partial charge in [-0.2, -0.15) is 0 Å². The minimum Gasteiger partial charge on any atom is -0.323 e. The molecule has 2 rings (SSSR count). The molecular weight excluding hydrogens is 158 g/mol. The molecule has 0 aromatic rings. The third-order valence-electron chi connectivity index (χ3n) is 5.17. The van der Waals surface area contributed by atoms with Gasteiger partial charge < -0.3 is 4.48 Å². The van der Waals surface area contributed by atoms with E-state index >= 15 is 0 Å². The Bertz CT molecular complexity index is 229. The molecule has 1 aliphatic carbocycles. The lowest BCUT2D eigenvalue weighted by Gasteiger charge is -2.54. The number of quaternary nitrogens is 1. The third kappa shape index (κ3) is 1.16. The summed E-state index contributed by atoms with van der Waals surface area (Å²) in [6.07, 6.45) is 4.40. The summed E-state index contributed by atoms with van der Waals surface area (Å²) in [4.78, 5) is 0. The van der Waals surface area contributed by atoms with Gasteiger partial charge in [0.15, 0.2) is 0 Å². The molecule has 1 saturated carbocycles. The van der Waals surface area contributed by atoms with Crippen LogP contribution in [0.3, 0.4) is 0 Å². The fourth-order valence-corrected chi connectivity index (χ4v) is 3.72. The molecule has 76 valence electrons. The van der Waals surface area contributed by atoms with Crippen molar-refractivity contribution in [2.75, 3.05) is 20.6 Å². The van der Waals surface area contributed by atoms with Crippen LogP contribution in [0.5, 0.6) is 0 Å². The molecule has 2 bridgehead atoms. The highest BCUT2D eigenvalue weighted by molar-refractivity contribution is 4.97. The van der Waals surface area contributed by atoms with Crippen LogP contribution in [-0.4, -0.2) is 30.7 Å². The van der Waals surface area contributed by atoms with Crippen LogP contribution < -0.4 is 0 Å². The van der Waals surface area contributed by atoms with Crippen molar-refractivity contribution in [3.05, 3.63) is 0 Å². The Morgan fingerprint density at radius 1 is 1.15 bits per heavy atom. The Morgan fingerprint density at radius 2 is 1.77 bits per heavy atom. The van der Waals surface area contributed by atoms with Gasteiger partial charge in [0, 0.05) is 11.3 Å². The Morgan fingerprint density at radius 3 is 2.38 bits per heavy atom. The van der Waals surface area contributed by atoms with Gasteiger partial charge in [-0.1, -0.05) is 6.92 Å². The van der Waals surface area contributed by atoms with E-state index in [0.29, 0.717) is 11.0 Å². The normalized spacial score (nSPS) is 46.4. The molecular formula is C12H24N+. The monoisotopic (exact) mass is 182 g/mol. The van der Waals surface area contributed by atoms with E-state index in [-0.39, 0.29) is 0 Å². The Hall–Kier alpha value is -0.0400. The fraction of sp³-hybridized carbons (Fsp3) is 1.00. The van der Waals surface area contributed by atoms with Crippen molar-refractivity contribution in [2.24, 2.45) is 11.3 Å². The number of hydrogen-bond acceptors (Lipinski definition) is 0. The number of hydrogen-bond donors (Lipinski definition) is 0. The van der Waals surface area contributed by atoms with Gasteiger partial charge in [0.05, 0.1) is 26.2 Å². The topological polar surface area (TPSA) is 0 Å². The van der Waals surface area contributed by atoms with Crippen molar-refractivity contribution in [3.8, 4) is 0 Å². The van der Waals surface area contributed by atoms with Gasteiger partial charge in [0.1, 0.15) is 0 Å². The number of fused-ring (bicyclic) bond motifs is 2. The zero-order chi connectivity index (χ0) is 9.91. The molecule has 0 aromatic carbocycles. The van der Waals surface area contributed by atoms with Crippen molar-refractivity contribution in [1.82, 2.24) is 0 Å². The standard InChI is InChI=1S/C12H24N/c1-11(2)10-6-7-12(3,8-10)9-13(11,4)5/h10H,6-9H2,1-5H3/q+1/t10?,12-/m1/s1. The molecule has 2 aliphatic rings. The second kappa shape index (κ2) is 2.31. The minimum atomic E-state index is 0.496. The predicted molar refractivity (Wildman–Crippen MR) is 56.5 cm³/mol. The molecule has 0 aromatic heterocycles. The molecule has 0 amide bonds. The molecule has 1 heteroatoms. The van der Waals surface area contributed by atoms with Crippen LogP contribution in [0.15, 0.2) is 0 Å². The zero-order valence-corrected chi connectivity index (χ0v) is 9.85. The highest BCUT2D eigenvalue weighted by Gasteiger charge is 2.57. The largest absolute Gasteiger partial charge is 0.323 e. The molecule has 0 radical (unpaired) electrons. The second-order valence-corrected chi connectivity index (χ2v) is 6.75. The first kappa shape index (κ1) is 9.51. The minimum absolute atomic E-state index is 0.496. The summed E-state index contributed by atoms with van der Waals surface area (Å²) in [7, 11) is 4.82. The summed E-state index contributed by atoms with van der Waals surface area (Å²) in [5.41, 5.74) is 1.15. The van der Waals surface area contributed by atoms with Gasteiger partial charge in [-0.15, -0.1) is 0 Å². The number of piperidine rings is 1. The van der Waals surface area contributed by atoms with E-state index in [1.807, 2.05) is 0 Å². The van der Waals surface area contributed by atoms with Gasteiger partial charge in [0.25, 0.3) is 0 Å². The second-order valence-electron chi connectivity index (χ2n) is 6.75. The summed E-state index contributed by atoms with van der Waals surface area (Å²) >= 11 is 0. The van der Waals surface area contributed by atoms with E-state index in [1.165, 1.54) is 30.3 Å². The molecule has 1 unspecified atom stereocenters. The van der Waals surface area contributed by atoms with Crippen LogP contribution in [0.2, 0.25) is 0 Å². The highest BCUT2D eigenvalue weighted by atomic mass is 15.4. The van der Waals surface area contributed by atoms with E-state index < -0.39 is 0 Å². The summed E-state index contributed by atoms with van der Waals surface area (Å²) in [5, 5.41) is 0. The number of rotatable bonds is 0. The molecule has 13 heavy (non-hydrogen) atoms. The predicted octanol–water partition coefficient (Wildman–Crippen LogP) is 2.66. The SMILES string of the molecule is CC1(C)C2CC[C@](C)(C2)C[N+]1(C)C. The van der Waals surface area contributed by atoms with E-state index in [0.717, 1.165) is 5.92 Å². The Kier molecular flexibility index (Phi) is 1.69.